The van der Waals surface area contributed by atoms with Crippen molar-refractivity contribution in [1.82, 2.24) is 0 Å². The van der Waals surface area contributed by atoms with Crippen molar-refractivity contribution in [3.05, 3.63) is 0 Å². The first-order valence-corrected chi connectivity index (χ1v) is 4.80. The molecule has 1 rings (SSSR count). The summed E-state index contributed by atoms with van der Waals surface area (Å²) < 4.78 is 0. The molecule has 0 aromatic rings. The van der Waals surface area contributed by atoms with Crippen molar-refractivity contribution in [1.29, 1.82) is 0 Å². The third kappa shape index (κ3) is 2.26. The molecule has 1 fully saturated rings. The van der Waals surface area contributed by atoms with E-state index in [-0.39, 0.29) is 0 Å². The average molecular weight is 150 g/mol. The third-order valence-corrected chi connectivity index (χ3v) is 2.65. The maximum absolute atomic E-state index is 3.33. The Kier molecular flexibility index (Phi) is 3.49. The smallest absolute Gasteiger partial charge is 0.0231 e. The molecule has 0 bridgehead atoms. The quantitative estimate of drug-likeness (QED) is 0.530. The summed E-state index contributed by atoms with van der Waals surface area (Å²) in [5, 5.41) is 0. The van der Waals surface area contributed by atoms with E-state index in [4.69, 9.17) is 0 Å². The van der Waals surface area contributed by atoms with Crippen LogP contribution in [0.25, 0.3) is 0 Å². The first-order chi connectivity index (χ1) is 5.38. The van der Waals surface area contributed by atoms with Crippen LogP contribution in [0.15, 0.2) is 0 Å². The molecule has 1 saturated carbocycles. The second-order valence-electron chi connectivity index (χ2n) is 3.48. The zero-order chi connectivity index (χ0) is 8.10. The maximum atomic E-state index is 3.33. The first kappa shape index (κ1) is 8.65. The summed E-state index contributed by atoms with van der Waals surface area (Å²) in [4.78, 5) is 0. The molecule has 0 nitrogen and oxygen atoms in total. The Morgan fingerprint density at radius 2 is 2.18 bits per heavy atom. The third-order valence-electron chi connectivity index (χ3n) is 2.65. The molecule has 62 valence electrons. The Bertz CT molecular complexity index is 159. The predicted molar refractivity (Wildman–Crippen MR) is 49.2 cm³/mol. The van der Waals surface area contributed by atoms with Gasteiger partial charge in [-0.3, -0.25) is 0 Å². The number of rotatable bonds is 2. The van der Waals surface area contributed by atoms with Gasteiger partial charge in [-0.1, -0.05) is 25.7 Å². The lowest BCUT2D eigenvalue weighted by atomic mass is 9.92. The zero-order valence-corrected chi connectivity index (χ0v) is 7.69. The van der Waals surface area contributed by atoms with Crippen LogP contribution in [0.3, 0.4) is 0 Å². The van der Waals surface area contributed by atoms with Crippen LogP contribution in [0.2, 0.25) is 0 Å². The second-order valence-corrected chi connectivity index (χ2v) is 3.48. The molecule has 0 aromatic carbocycles. The van der Waals surface area contributed by atoms with E-state index in [9.17, 15) is 0 Å². The average Bonchev–Trinajstić information content (AvgIpc) is 2.39. The molecule has 1 aliphatic rings. The van der Waals surface area contributed by atoms with Gasteiger partial charge in [-0.05, 0) is 32.1 Å². The number of hydrogen-bond donors (Lipinski definition) is 0. The predicted octanol–water partition coefficient (Wildman–Crippen LogP) is 3.23. The minimum Gasteiger partial charge on any atom is -0.106 e. The van der Waals surface area contributed by atoms with Gasteiger partial charge in [-0.2, -0.15) is 0 Å². The van der Waals surface area contributed by atoms with E-state index < -0.39 is 0 Å². The van der Waals surface area contributed by atoms with Crippen LogP contribution in [0, 0.1) is 23.7 Å². The fourth-order valence-electron chi connectivity index (χ4n) is 2.13. The summed E-state index contributed by atoms with van der Waals surface area (Å²) in [6.45, 7) is 4.23. The van der Waals surface area contributed by atoms with E-state index in [1.807, 2.05) is 6.92 Å². The molecule has 0 aliphatic heterocycles. The minimum absolute atomic E-state index is 0.736. The standard InChI is InChI=1S/C11H18/c1-3-6-10-8-5-9-11(10)7-4-2/h10-11H,3,5-6,8-9H2,1-2H3/t10-,11+/m0/s1. The SMILES string of the molecule is CC#C[C@@H]1CCC[C@@H]1CCC. The number of hydrogen-bond acceptors (Lipinski definition) is 0. The molecule has 2 atom stereocenters. The molecule has 0 unspecified atom stereocenters. The summed E-state index contributed by atoms with van der Waals surface area (Å²) in [6, 6.07) is 0. The molecule has 0 radical (unpaired) electrons. The fourth-order valence-corrected chi connectivity index (χ4v) is 2.13. The van der Waals surface area contributed by atoms with Gasteiger partial charge in [0.05, 0.1) is 0 Å². The van der Waals surface area contributed by atoms with Gasteiger partial charge in [-0.15, -0.1) is 5.92 Å². The van der Waals surface area contributed by atoms with Crippen LogP contribution in [-0.4, -0.2) is 0 Å². The Balaban J connectivity index is 2.41. The van der Waals surface area contributed by atoms with Crippen molar-refractivity contribution in [3.8, 4) is 11.8 Å². The van der Waals surface area contributed by atoms with Crippen molar-refractivity contribution < 1.29 is 0 Å². The Hall–Kier alpha value is -0.440. The van der Waals surface area contributed by atoms with E-state index in [0.717, 1.165) is 11.8 Å². The summed E-state index contributed by atoms with van der Waals surface area (Å²) in [7, 11) is 0. The van der Waals surface area contributed by atoms with Crippen LogP contribution in [0.4, 0.5) is 0 Å². The fraction of sp³-hybridized carbons (Fsp3) is 0.818. The van der Waals surface area contributed by atoms with Gasteiger partial charge in [0.15, 0.2) is 0 Å². The molecule has 0 saturated heterocycles. The molecule has 0 spiro atoms. The van der Waals surface area contributed by atoms with Crippen LogP contribution in [-0.2, 0) is 0 Å². The monoisotopic (exact) mass is 150 g/mol. The lowest BCUT2D eigenvalue weighted by Gasteiger charge is -2.12. The van der Waals surface area contributed by atoms with Gasteiger partial charge in [0.1, 0.15) is 0 Å². The highest BCUT2D eigenvalue weighted by Gasteiger charge is 2.24. The molecule has 0 heteroatoms. The minimum atomic E-state index is 0.736. The highest BCUT2D eigenvalue weighted by Crippen LogP contribution is 2.34. The maximum Gasteiger partial charge on any atom is 0.0231 e. The largest absolute Gasteiger partial charge is 0.106 e. The molecule has 1 aliphatic carbocycles. The molecular formula is C11H18. The van der Waals surface area contributed by atoms with Crippen LogP contribution in [0.1, 0.15) is 46.0 Å². The van der Waals surface area contributed by atoms with Gasteiger partial charge in [-0.25, -0.2) is 0 Å². The lowest BCUT2D eigenvalue weighted by molar-refractivity contribution is 0.432. The van der Waals surface area contributed by atoms with Gasteiger partial charge in [0.2, 0.25) is 0 Å². The van der Waals surface area contributed by atoms with E-state index >= 15 is 0 Å². The lowest BCUT2D eigenvalue weighted by Crippen LogP contribution is -2.04. The van der Waals surface area contributed by atoms with Crippen LogP contribution < -0.4 is 0 Å². The van der Waals surface area contributed by atoms with Crippen molar-refractivity contribution >= 4 is 0 Å². The van der Waals surface area contributed by atoms with E-state index in [1.165, 1.54) is 32.1 Å². The topological polar surface area (TPSA) is 0 Å². The van der Waals surface area contributed by atoms with Gasteiger partial charge in [0.25, 0.3) is 0 Å². The Morgan fingerprint density at radius 1 is 1.36 bits per heavy atom. The highest BCUT2D eigenvalue weighted by atomic mass is 14.3. The summed E-state index contributed by atoms with van der Waals surface area (Å²) in [5.41, 5.74) is 0. The molecule has 11 heavy (non-hydrogen) atoms. The van der Waals surface area contributed by atoms with Gasteiger partial charge in [0, 0.05) is 5.92 Å². The van der Waals surface area contributed by atoms with E-state index in [0.29, 0.717) is 0 Å². The summed E-state index contributed by atoms with van der Waals surface area (Å²) in [5.74, 6) is 8.04. The van der Waals surface area contributed by atoms with Crippen molar-refractivity contribution in [2.75, 3.05) is 0 Å². The van der Waals surface area contributed by atoms with Gasteiger partial charge < -0.3 is 0 Å². The van der Waals surface area contributed by atoms with Gasteiger partial charge >= 0.3 is 0 Å². The highest BCUT2D eigenvalue weighted by molar-refractivity contribution is 5.05. The second kappa shape index (κ2) is 4.44. The van der Waals surface area contributed by atoms with Crippen molar-refractivity contribution in [2.24, 2.45) is 11.8 Å². The normalized spacial score (nSPS) is 29.6. The first-order valence-electron chi connectivity index (χ1n) is 4.80. The molecule has 0 N–H and O–H groups in total. The van der Waals surface area contributed by atoms with E-state index in [1.54, 1.807) is 0 Å². The van der Waals surface area contributed by atoms with Crippen molar-refractivity contribution in [3.63, 3.8) is 0 Å². The van der Waals surface area contributed by atoms with E-state index in [2.05, 4.69) is 18.8 Å². The Morgan fingerprint density at radius 3 is 2.82 bits per heavy atom. The summed E-state index contributed by atoms with van der Waals surface area (Å²) in [6.07, 6.45) is 6.90. The van der Waals surface area contributed by atoms with Crippen LogP contribution >= 0.6 is 0 Å². The molecular weight excluding hydrogens is 132 g/mol. The van der Waals surface area contributed by atoms with Crippen molar-refractivity contribution in [2.45, 2.75) is 46.0 Å². The van der Waals surface area contributed by atoms with Crippen LogP contribution in [0.5, 0.6) is 0 Å². The molecule has 0 heterocycles. The summed E-state index contributed by atoms with van der Waals surface area (Å²) >= 11 is 0. The molecule has 0 amide bonds. The Labute approximate surface area is 70.4 Å². The molecule has 0 aromatic heterocycles. The zero-order valence-electron chi connectivity index (χ0n) is 7.69.